The fourth-order valence-corrected chi connectivity index (χ4v) is 3.43. The van der Waals surface area contributed by atoms with Crippen molar-refractivity contribution in [2.75, 3.05) is 24.5 Å². The molecule has 128 valence electrons. The highest BCUT2D eigenvalue weighted by molar-refractivity contribution is 7.07. The van der Waals surface area contributed by atoms with Gasteiger partial charge in [-0.15, -0.1) is 0 Å². The summed E-state index contributed by atoms with van der Waals surface area (Å²) in [7, 11) is 0. The van der Waals surface area contributed by atoms with Gasteiger partial charge in [-0.25, -0.2) is 9.98 Å². The second-order valence-corrected chi connectivity index (χ2v) is 6.68. The van der Waals surface area contributed by atoms with Gasteiger partial charge in [-0.1, -0.05) is 0 Å². The Morgan fingerprint density at radius 2 is 2.12 bits per heavy atom. The largest absolute Gasteiger partial charge is 0.357 e. The zero-order valence-corrected chi connectivity index (χ0v) is 15.0. The summed E-state index contributed by atoms with van der Waals surface area (Å²) < 4.78 is 0. The monoisotopic (exact) mass is 343 g/mol. The van der Waals surface area contributed by atoms with Crippen molar-refractivity contribution in [1.29, 1.82) is 0 Å². The molecule has 5 nitrogen and oxygen atoms in total. The summed E-state index contributed by atoms with van der Waals surface area (Å²) in [6, 6.07) is 6.36. The Bertz CT molecular complexity index is 647. The first kappa shape index (κ1) is 16.8. The van der Waals surface area contributed by atoms with Crippen LogP contribution in [0.25, 0.3) is 0 Å². The maximum absolute atomic E-state index is 4.65. The van der Waals surface area contributed by atoms with Gasteiger partial charge in [0.1, 0.15) is 5.82 Å². The zero-order valence-electron chi connectivity index (χ0n) is 14.2. The second kappa shape index (κ2) is 8.68. The molecule has 1 aliphatic rings. The van der Waals surface area contributed by atoms with Crippen molar-refractivity contribution >= 4 is 23.1 Å². The van der Waals surface area contributed by atoms with Crippen molar-refractivity contribution in [3.8, 4) is 0 Å². The Hall–Kier alpha value is -2.08. The van der Waals surface area contributed by atoms with E-state index in [1.165, 1.54) is 24.0 Å². The minimum Gasteiger partial charge on any atom is -0.357 e. The first-order valence-electron chi connectivity index (χ1n) is 8.58. The first-order valence-corrected chi connectivity index (χ1v) is 9.52. The van der Waals surface area contributed by atoms with Gasteiger partial charge in [-0.05, 0) is 59.9 Å². The van der Waals surface area contributed by atoms with E-state index >= 15 is 0 Å². The minimum absolute atomic E-state index is 0.703. The van der Waals surface area contributed by atoms with Gasteiger partial charge in [0.15, 0.2) is 5.96 Å². The van der Waals surface area contributed by atoms with Gasteiger partial charge in [-0.2, -0.15) is 11.3 Å². The van der Waals surface area contributed by atoms with E-state index in [0.717, 1.165) is 38.0 Å². The number of thiophene rings is 1. The molecule has 3 heterocycles. The third-order valence-electron chi connectivity index (χ3n) is 4.04. The molecule has 2 aromatic rings. The molecule has 6 heteroatoms. The van der Waals surface area contributed by atoms with Crippen LogP contribution in [0, 0.1) is 0 Å². The quantitative estimate of drug-likeness (QED) is 0.625. The first-order chi connectivity index (χ1) is 11.8. The average Bonchev–Trinajstić information content (AvgIpc) is 3.31. The maximum atomic E-state index is 4.65. The second-order valence-electron chi connectivity index (χ2n) is 5.90. The molecule has 0 spiro atoms. The van der Waals surface area contributed by atoms with E-state index in [2.05, 4.69) is 61.4 Å². The number of anilines is 1. The van der Waals surface area contributed by atoms with E-state index in [1.54, 1.807) is 11.3 Å². The highest BCUT2D eigenvalue weighted by Gasteiger charge is 2.13. The summed E-state index contributed by atoms with van der Waals surface area (Å²) in [4.78, 5) is 11.5. The van der Waals surface area contributed by atoms with E-state index in [9.17, 15) is 0 Å². The summed E-state index contributed by atoms with van der Waals surface area (Å²) in [6.45, 7) is 6.63. The molecule has 0 atom stereocenters. The molecule has 2 N–H and O–H groups in total. The molecule has 1 aliphatic heterocycles. The van der Waals surface area contributed by atoms with Gasteiger partial charge >= 0.3 is 0 Å². The summed E-state index contributed by atoms with van der Waals surface area (Å²) >= 11 is 1.71. The van der Waals surface area contributed by atoms with Gasteiger partial charge in [0.25, 0.3) is 0 Å². The van der Waals surface area contributed by atoms with E-state index < -0.39 is 0 Å². The maximum Gasteiger partial charge on any atom is 0.191 e. The Balaban J connectivity index is 1.59. The van der Waals surface area contributed by atoms with E-state index in [-0.39, 0.29) is 0 Å². The number of aliphatic imine (C=N–C) groups is 1. The van der Waals surface area contributed by atoms with Gasteiger partial charge in [0, 0.05) is 32.4 Å². The normalized spacial score (nSPS) is 14.9. The fourth-order valence-electron chi connectivity index (χ4n) is 2.77. The molecule has 0 bridgehead atoms. The molecular formula is C18H25N5S. The minimum atomic E-state index is 0.703. The molecule has 0 amide bonds. The number of pyridine rings is 1. The molecule has 2 aromatic heterocycles. The highest BCUT2D eigenvalue weighted by Crippen LogP contribution is 2.18. The SMILES string of the molecule is CCNC(=NCc1ccsc1)NCc1ccnc(N2CCCC2)c1. The Labute approximate surface area is 147 Å². The molecule has 24 heavy (non-hydrogen) atoms. The fraction of sp³-hybridized carbons (Fsp3) is 0.444. The molecule has 0 unspecified atom stereocenters. The van der Waals surface area contributed by atoms with Crippen molar-refractivity contribution in [3.63, 3.8) is 0 Å². The smallest absolute Gasteiger partial charge is 0.191 e. The third kappa shape index (κ3) is 4.71. The lowest BCUT2D eigenvalue weighted by molar-refractivity contribution is 0.813. The van der Waals surface area contributed by atoms with Crippen LogP contribution in [0.2, 0.25) is 0 Å². The Morgan fingerprint density at radius 3 is 2.88 bits per heavy atom. The number of hydrogen-bond acceptors (Lipinski definition) is 4. The summed E-state index contributed by atoms with van der Waals surface area (Å²) in [5, 5.41) is 10.9. The summed E-state index contributed by atoms with van der Waals surface area (Å²) in [5.41, 5.74) is 2.48. The topological polar surface area (TPSA) is 52.6 Å². The van der Waals surface area contributed by atoms with Crippen molar-refractivity contribution in [2.24, 2.45) is 4.99 Å². The number of nitrogens with one attached hydrogen (secondary N) is 2. The van der Waals surface area contributed by atoms with Crippen molar-refractivity contribution < 1.29 is 0 Å². The molecule has 1 saturated heterocycles. The van der Waals surface area contributed by atoms with Gasteiger partial charge in [-0.3, -0.25) is 0 Å². The van der Waals surface area contributed by atoms with Crippen LogP contribution in [0.15, 0.2) is 40.1 Å². The number of rotatable bonds is 6. The predicted octanol–water partition coefficient (Wildman–Crippen LogP) is 3.00. The summed E-state index contributed by atoms with van der Waals surface area (Å²) in [5.74, 6) is 1.94. The molecule has 0 radical (unpaired) electrons. The lowest BCUT2D eigenvalue weighted by Gasteiger charge is -2.17. The van der Waals surface area contributed by atoms with Crippen molar-refractivity contribution in [2.45, 2.75) is 32.9 Å². The standard InChI is InChI=1S/C18H25N5S/c1-2-19-18(22-13-16-6-10-24-14-16)21-12-15-5-7-20-17(11-15)23-8-3-4-9-23/h5-7,10-11,14H,2-4,8-9,12-13H2,1H3,(H2,19,21,22). The lowest BCUT2D eigenvalue weighted by Crippen LogP contribution is -2.36. The summed E-state index contributed by atoms with van der Waals surface area (Å²) in [6.07, 6.45) is 4.44. The molecule has 3 rings (SSSR count). The van der Waals surface area contributed by atoms with Crippen LogP contribution in [0.5, 0.6) is 0 Å². The zero-order chi connectivity index (χ0) is 16.6. The third-order valence-corrected chi connectivity index (χ3v) is 4.78. The van der Waals surface area contributed by atoms with E-state index in [4.69, 9.17) is 0 Å². The number of guanidine groups is 1. The molecule has 0 aliphatic carbocycles. The lowest BCUT2D eigenvalue weighted by atomic mass is 10.2. The van der Waals surface area contributed by atoms with E-state index in [0.29, 0.717) is 6.54 Å². The molecular weight excluding hydrogens is 318 g/mol. The van der Waals surface area contributed by atoms with E-state index in [1.807, 2.05) is 6.20 Å². The molecule has 1 fully saturated rings. The van der Waals surface area contributed by atoms with Gasteiger partial charge in [0.05, 0.1) is 6.54 Å². The molecule has 0 aromatic carbocycles. The Morgan fingerprint density at radius 1 is 1.25 bits per heavy atom. The number of nitrogens with zero attached hydrogens (tertiary/aromatic N) is 3. The van der Waals surface area contributed by atoms with Gasteiger partial charge < -0.3 is 15.5 Å². The van der Waals surface area contributed by atoms with Crippen LogP contribution >= 0.6 is 11.3 Å². The van der Waals surface area contributed by atoms with Crippen LogP contribution in [0.4, 0.5) is 5.82 Å². The molecule has 0 saturated carbocycles. The predicted molar refractivity (Wildman–Crippen MR) is 102 cm³/mol. The van der Waals surface area contributed by atoms with Crippen molar-refractivity contribution in [1.82, 2.24) is 15.6 Å². The van der Waals surface area contributed by atoms with Gasteiger partial charge in [0.2, 0.25) is 0 Å². The Kier molecular flexibility index (Phi) is 6.07. The van der Waals surface area contributed by atoms with Crippen LogP contribution in [-0.2, 0) is 13.1 Å². The number of hydrogen-bond donors (Lipinski definition) is 2. The highest BCUT2D eigenvalue weighted by atomic mass is 32.1. The van der Waals surface area contributed by atoms with Crippen LogP contribution < -0.4 is 15.5 Å². The van der Waals surface area contributed by atoms with Crippen molar-refractivity contribution in [3.05, 3.63) is 46.3 Å². The van der Waals surface area contributed by atoms with Crippen LogP contribution in [0.3, 0.4) is 0 Å². The number of aromatic nitrogens is 1. The van der Waals surface area contributed by atoms with Crippen LogP contribution in [-0.4, -0.2) is 30.6 Å². The average molecular weight is 344 g/mol. The van der Waals surface area contributed by atoms with Crippen LogP contribution in [0.1, 0.15) is 30.9 Å².